The molecule has 0 aliphatic carbocycles. The Morgan fingerprint density at radius 2 is 2.00 bits per heavy atom. The highest BCUT2D eigenvalue weighted by molar-refractivity contribution is 5.23. The van der Waals surface area contributed by atoms with Crippen LogP contribution in [0.25, 0.3) is 0 Å². The van der Waals surface area contributed by atoms with E-state index in [0.717, 1.165) is 5.56 Å². The molecule has 1 aromatic heterocycles. The lowest BCUT2D eigenvalue weighted by Crippen LogP contribution is -2.15. The van der Waals surface area contributed by atoms with Gasteiger partial charge < -0.3 is 5.73 Å². The maximum atomic E-state index is 13.5. The molecule has 88 valence electrons. The second-order valence-electron chi connectivity index (χ2n) is 4.01. The van der Waals surface area contributed by atoms with E-state index in [1.807, 2.05) is 18.2 Å². The van der Waals surface area contributed by atoms with Crippen LogP contribution < -0.4 is 5.73 Å². The Bertz CT molecular complexity index is 471. The summed E-state index contributed by atoms with van der Waals surface area (Å²) < 4.78 is 13.5. The van der Waals surface area contributed by atoms with E-state index in [4.69, 9.17) is 5.73 Å². The summed E-state index contributed by atoms with van der Waals surface area (Å²) in [5.74, 6) is -0.0598. The molecule has 1 aromatic carbocycles. The maximum absolute atomic E-state index is 13.5. The Kier molecular flexibility index (Phi) is 3.83. The topological polar surface area (TPSA) is 38.9 Å². The zero-order valence-electron chi connectivity index (χ0n) is 9.51. The van der Waals surface area contributed by atoms with E-state index < -0.39 is 0 Å². The monoisotopic (exact) mass is 230 g/mol. The van der Waals surface area contributed by atoms with Crippen LogP contribution in [0.5, 0.6) is 0 Å². The van der Waals surface area contributed by atoms with Gasteiger partial charge in [0.05, 0.1) is 0 Å². The van der Waals surface area contributed by atoms with Crippen molar-refractivity contribution in [2.24, 2.45) is 5.73 Å². The molecule has 2 N–H and O–H groups in total. The number of hydrogen-bond donors (Lipinski definition) is 1. The molecule has 0 spiro atoms. The van der Waals surface area contributed by atoms with Crippen LogP contribution in [-0.2, 0) is 6.42 Å². The van der Waals surface area contributed by atoms with Crippen molar-refractivity contribution in [3.8, 4) is 0 Å². The van der Waals surface area contributed by atoms with Crippen LogP contribution in [0.3, 0.4) is 0 Å². The van der Waals surface area contributed by atoms with Gasteiger partial charge >= 0.3 is 0 Å². The van der Waals surface area contributed by atoms with E-state index >= 15 is 0 Å². The third-order valence-electron chi connectivity index (χ3n) is 2.86. The lowest BCUT2D eigenvalue weighted by atomic mass is 9.93. The highest BCUT2D eigenvalue weighted by atomic mass is 19.1. The quantitative estimate of drug-likeness (QED) is 0.876. The summed E-state index contributed by atoms with van der Waals surface area (Å²) in [6, 6.07) is 10.7. The Morgan fingerprint density at radius 3 is 2.65 bits per heavy atom. The first kappa shape index (κ1) is 11.7. The number of hydrogen-bond acceptors (Lipinski definition) is 2. The van der Waals surface area contributed by atoms with Gasteiger partial charge in [-0.15, -0.1) is 0 Å². The van der Waals surface area contributed by atoms with E-state index in [1.54, 1.807) is 24.5 Å². The summed E-state index contributed by atoms with van der Waals surface area (Å²) in [6.45, 7) is 0.486. The summed E-state index contributed by atoms with van der Waals surface area (Å²) in [5.41, 5.74) is 7.51. The molecule has 0 aliphatic heterocycles. The summed E-state index contributed by atoms with van der Waals surface area (Å²) in [7, 11) is 0. The van der Waals surface area contributed by atoms with E-state index in [1.165, 1.54) is 6.07 Å². The normalized spacial score (nSPS) is 12.4. The molecule has 0 amide bonds. The second kappa shape index (κ2) is 5.55. The van der Waals surface area contributed by atoms with Crippen LogP contribution in [-0.4, -0.2) is 11.5 Å². The molecule has 1 atom stereocenters. The van der Waals surface area contributed by atoms with Crippen LogP contribution in [0.2, 0.25) is 0 Å². The first-order chi connectivity index (χ1) is 8.31. The van der Waals surface area contributed by atoms with Gasteiger partial charge in [-0.25, -0.2) is 4.39 Å². The first-order valence-corrected chi connectivity index (χ1v) is 5.64. The van der Waals surface area contributed by atoms with Crippen LogP contribution in [0.15, 0.2) is 48.8 Å². The predicted molar refractivity (Wildman–Crippen MR) is 66.1 cm³/mol. The molecular formula is C14H15FN2. The fourth-order valence-electron chi connectivity index (χ4n) is 1.88. The molecule has 2 nitrogen and oxygen atoms in total. The fourth-order valence-corrected chi connectivity index (χ4v) is 1.88. The summed E-state index contributed by atoms with van der Waals surface area (Å²) in [5, 5.41) is 0. The van der Waals surface area contributed by atoms with Crippen molar-refractivity contribution in [3.63, 3.8) is 0 Å². The van der Waals surface area contributed by atoms with Gasteiger partial charge in [0, 0.05) is 18.3 Å². The van der Waals surface area contributed by atoms with Crippen molar-refractivity contribution in [2.75, 3.05) is 6.54 Å². The average Bonchev–Trinajstić information content (AvgIpc) is 2.39. The highest BCUT2D eigenvalue weighted by Crippen LogP contribution is 2.20. The molecule has 1 unspecified atom stereocenters. The van der Waals surface area contributed by atoms with Crippen LogP contribution in [0.4, 0.5) is 4.39 Å². The minimum atomic E-state index is -0.171. The highest BCUT2D eigenvalue weighted by Gasteiger charge is 2.12. The number of rotatable bonds is 4. The molecule has 0 radical (unpaired) electrons. The number of benzene rings is 1. The molecule has 0 saturated heterocycles. The Hall–Kier alpha value is -1.74. The van der Waals surface area contributed by atoms with Gasteiger partial charge in [0.25, 0.3) is 0 Å². The molecule has 2 rings (SSSR count). The molecule has 17 heavy (non-hydrogen) atoms. The van der Waals surface area contributed by atoms with Gasteiger partial charge in [0.1, 0.15) is 5.82 Å². The van der Waals surface area contributed by atoms with Crippen molar-refractivity contribution in [3.05, 3.63) is 65.7 Å². The van der Waals surface area contributed by atoms with Crippen LogP contribution in [0.1, 0.15) is 17.0 Å². The summed E-state index contributed by atoms with van der Waals surface area (Å²) in [6.07, 6.45) is 4.12. The lowest BCUT2D eigenvalue weighted by molar-refractivity contribution is 0.590. The van der Waals surface area contributed by atoms with Crippen molar-refractivity contribution < 1.29 is 4.39 Å². The molecular weight excluding hydrogens is 215 g/mol. The van der Waals surface area contributed by atoms with Gasteiger partial charge in [0.2, 0.25) is 0 Å². The number of halogens is 1. The zero-order valence-corrected chi connectivity index (χ0v) is 9.51. The van der Waals surface area contributed by atoms with Gasteiger partial charge in [0.15, 0.2) is 0 Å². The standard InChI is InChI=1S/C14H15FN2/c15-14-6-2-1-4-11(14)8-13(9-16)12-5-3-7-17-10-12/h1-7,10,13H,8-9,16H2. The minimum absolute atomic E-state index is 0.112. The van der Waals surface area contributed by atoms with E-state index in [0.29, 0.717) is 18.5 Å². The molecule has 2 aromatic rings. The molecule has 3 heteroatoms. The van der Waals surface area contributed by atoms with Gasteiger partial charge in [-0.3, -0.25) is 4.98 Å². The third kappa shape index (κ3) is 2.88. The van der Waals surface area contributed by atoms with Gasteiger partial charge in [-0.2, -0.15) is 0 Å². The predicted octanol–water partition coefficient (Wildman–Crippen LogP) is 2.51. The minimum Gasteiger partial charge on any atom is -0.330 e. The molecule has 0 bridgehead atoms. The van der Waals surface area contributed by atoms with Crippen molar-refractivity contribution >= 4 is 0 Å². The second-order valence-corrected chi connectivity index (χ2v) is 4.01. The van der Waals surface area contributed by atoms with E-state index in [2.05, 4.69) is 4.98 Å². The maximum Gasteiger partial charge on any atom is 0.126 e. The largest absolute Gasteiger partial charge is 0.330 e. The first-order valence-electron chi connectivity index (χ1n) is 5.64. The van der Waals surface area contributed by atoms with Crippen molar-refractivity contribution in [2.45, 2.75) is 12.3 Å². The van der Waals surface area contributed by atoms with Gasteiger partial charge in [-0.1, -0.05) is 24.3 Å². The Labute approximate surface area is 100 Å². The number of nitrogens with two attached hydrogens (primary N) is 1. The van der Waals surface area contributed by atoms with Crippen molar-refractivity contribution in [1.82, 2.24) is 4.98 Å². The molecule has 1 heterocycles. The summed E-state index contributed by atoms with van der Waals surface area (Å²) in [4.78, 5) is 4.07. The van der Waals surface area contributed by atoms with Gasteiger partial charge in [-0.05, 0) is 36.2 Å². The third-order valence-corrected chi connectivity index (χ3v) is 2.86. The molecule has 0 aliphatic rings. The average molecular weight is 230 g/mol. The Balaban J connectivity index is 2.19. The van der Waals surface area contributed by atoms with Crippen LogP contribution >= 0.6 is 0 Å². The zero-order chi connectivity index (χ0) is 12.1. The molecule has 0 fully saturated rings. The number of aromatic nitrogens is 1. The van der Waals surface area contributed by atoms with E-state index in [9.17, 15) is 4.39 Å². The smallest absolute Gasteiger partial charge is 0.126 e. The lowest BCUT2D eigenvalue weighted by Gasteiger charge is -2.15. The molecule has 0 saturated carbocycles. The number of nitrogens with zero attached hydrogens (tertiary/aromatic N) is 1. The number of pyridine rings is 1. The van der Waals surface area contributed by atoms with Crippen LogP contribution in [0, 0.1) is 5.82 Å². The fraction of sp³-hybridized carbons (Fsp3) is 0.214. The summed E-state index contributed by atoms with van der Waals surface area (Å²) >= 11 is 0. The van der Waals surface area contributed by atoms with Crippen molar-refractivity contribution in [1.29, 1.82) is 0 Å². The Morgan fingerprint density at radius 1 is 1.18 bits per heavy atom. The van der Waals surface area contributed by atoms with E-state index in [-0.39, 0.29) is 11.7 Å². The SMILES string of the molecule is NCC(Cc1ccccc1F)c1cccnc1.